The van der Waals surface area contributed by atoms with Gasteiger partial charge in [0.05, 0.1) is 13.2 Å². The Morgan fingerprint density at radius 1 is 1.20 bits per heavy atom. The predicted octanol–water partition coefficient (Wildman–Crippen LogP) is 2.03. The lowest BCUT2D eigenvalue weighted by Crippen LogP contribution is -2.42. The third-order valence-corrected chi connectivity index (χ3v) is 4.19. The zero-order valence-electron chi connectivity index (χ0n) is 12.2. The van der Waals surface area contributed by atoms with E-state index >= 15 is 0 Å². The summed E-state index contributed by atoms with van der Waals surface area (Å²) in [6.45, 7) is 5.38. The van der Waals surface area contributed by atoms with Crippen LogP contribution >= 0.6 is 0 Å². The van der Waals surface area contributed by atoms with Crippen LogP contribution < -0.4 is 14.8 Å². The molecule has 0 bridgehead atoms. The van der Waals surface area contributed by atoms with E-state index in [1.807, 2.05) is 0 Å². The van der Waals surface area contributed by atoms with E-state index in [2.05, 4.69) is 28.4 Å². The lowest BCUT2D eigenvalue weighted by atomic mass is 9.96. The van der Waals surface area contributed by atoms with Crippen molar-refractivity contribution in [1.29, 1.82) is 0 Å². The Morgan fingerprint density at radius 3 is 2.65 bits per heavy atom. The van der Waals surface area contributed by atoms with Gasteiger partial charge in [-0.05, 0) is 37.0 Å². The quantitative estimate of drug-likeness (QED) is 0.892. The maximum Gasteiger partial charge on any atom is 0.161 e. The van der Waals surface area contributed by atoms with Crippen LogP contribution in [0.15, 0.2) is 18.2 Å². The molecule has 1 heterocycles. The van der Waals surface area contributed by atoms with Gasteiger partial charge in [-0.25, -0.2) is 0 Å². The molecule has 1 aromatic carbocycles. The zero-order chi connectivity index (χ0) is 13.8. The highest BCUT2D eigenvalue weighted by atomic mass is 16.5. The molecular weight excluding hydrogens is 252 g/mol. The van der Waals surface area contributed by atoms with E-state index in [0.29, 0.717) is 6.10 Å². The van der Waals surface area contributed by atoms with Gasteiger partial charge in [0.25, 0.3) is 0 Å². The second kappa shape index (κ2) is 6.46. The molecule has 1 saturated heterocycles. The van der Waals surface area contributed by atoms with E-state index in [1.165, 1.54) is 24.8 Å². The SMILES string of the molecule is COc1cc(CN2CCNCC2)ccc1OC1CCC1. The van der Waals surface area contributed by atoms with Gasteiger partial charge >= 0.3 is 0 Å². The van der Waals surface area contributed by atoms with E-state index < -0.39 is 0 Å². The summed E-state index contributed by atoms with van der Waals surface area (Å²) < 4.78 is 11.5. The highest BCUT2D eigenvalue weighted by Gasteiger charge is 2.21. The average molecular weight is 276 g/mol. The smallest absolute Gasteiger partial charge is 0.161 e. The lowest BCUT2D eigenvalue weighted by Gasteiger charge is -2.28. The summed E-state index contributed by atoms with van der Waals surface area (Å²) in [6, 6.07) is 6.35. The number of hydrogen-bond donors (Lipinski definition) is 1. The zero-order valence-corrected chi connectivity index (χ0v) is 12.2. The van der Waals surface area contributed by atoms with Crippen LogP contribution in [0.1, 0.15) is 24.8 Å². The summed E-state index contributed by atoms with van der Waals surface area (Å²) in [6.07, 6.45) is 4.02. The highest BCUT2D eigenvalue weighted by Crippen LogP contribution is 2.33. The van der Waals surface area contributed by atoms with Gasteiger partial charge in [-0.2, -0.15) is 0 Å². The van der Waals surface area contributed by atoms with Crippen molar-refractivity contribution < 1.29 is 9.47 Å². The topological polar surface area (TPSA) is 33.7 Å². The fraction of sp³-hybridized carbons (Fsp3) is 0.625. The molecule has 20 heavy (non-hydrogen) atoms. The number of hydrogen-bond acceptors (Lipinski definition) is 4. The molecule has 0 atom stereocenters. The number of rotatable bonds is 5. The molecule has 1 saturated carbocycles. The van der Waals surface area contributed by atoms with Crippen molar-refractivity contribution in [3.8, 4) is 11.5 Å². The summed E-state index contributed by atoms with van der Waals surface area (Å²) >= 11 is 0. The first-order chi connectivity index (χ1) is 9.85. The van der Waals surface area contributed by atoms with Crippen LogP contribution in [0, 0.1) is 0 Å². The van der Waals surface area contributed by atoms with E-state index in [4.69, 9.17) is 9.47 Å². The average Bonchev–Trinajstić information content (AvgIpc) is 2.45. The predicted molar refractivity (Wildman–Crippen MR) is 79.4 cm³/mol. The van der Waals surface area contributed by atoms with E-state index in [-0.39, 0.29) is 0 Å². The van der Waals surface area contributed by atoms with E-state index in [9.17, 15) is 0 Å². The van der Waals surface area contributed by atoms with Crippen molar-refractivity contribution in [3.05, 3.63) is 23.8 Å². The first-order valence-corrected chi connectivity index (χ1v) is 7.62. The Hall–Kier alpha value is -1.26. The Morgan fingerprint density at radius 2 is 2.00 bits per heavy atom. The van der Waals surface area contributed by atoms with Crippen LogP contribution in [0.5, 0.6) is 11.5 Å². The molecule has 1 aromatic rings. The van der Waals surface area contributed by atoms with Crippen LogP contribution in [0.4, 0.5) is 0 Å². The van der Waals surface area contributed by atoms with Gasteiger partial charge in [0, 0.05) is 32.7 Å². The number of nitrogens with zero attached hydrogens (tertiary/aromatic N) is 1. The van der Waals surface area contributed by atoms with Crippen LogP contribution in [-0.4, -0.2) is 44.3 Å². The van der Waals surface area contributed by atoms with Crippen molar-refractivity contribution in [1.82, 2.24) is 10.2 Å². The minimum Gasteiger partial charge on any atom is -0.493 e. The van der Waals surface area contributed by atoms with Gasteiger partial charge in [-0.15, -0.1) is 0 Å². The molecule has 2 aliphatic rings. The van der Waals surface area contributed by atoms with Crippen molar-refractivity contribution in [2.75, 3.05) is 33.3 Å². The summed E-state index contributed by atoms with van der Waals surface area (Å²) in [5, 5.41) is 3.38. The Kier molecular flexibility index (Phi) is 4.43. The first kappa shape index (κ1) is 13.7. The fourth-order valence-electron chi connectivity index (χ4n) is 2.70. The summed E-state index contributed by atoms with van der Waals surface area (Å²) in [5.41, 5.74) is 1.30. The molecule has 1 N–H and O–H groups in total. The maximum absolute atomic E-state index is 5.97. The van der Waals surface area contributed by atoms with Crippen LogP contribution in [0.3, 0.4) is 0 Å². The first-order valence-electron chi connectivity index (χ1n) is 7.62. The van der Waals surface area contributed by atoms with Gasteiger partial charge in [0.1, 0.15) is 0 Å². The molecule has 2 fully saturated rings. The van der Waals surface area contributed by atoms with Crippen molar-refractivity contribution >= 4 is 0 Å². The summed E-state index contributed by atoms with van der Waals surface area (Å²) in [5.74, 6) is 1.76. The van der Waals surface area contributed by atoms with Crippen LogP contribution in [0.2, 0.25) is 0 Å². The van der Waals surface area contributed by atoms with Crippen LogP contribution in [0.25, 0.3) is 0 Å². The maximum atomic E-state index is 5.97. The normalized spacial score (nSPS) is 20.4. The minimum atomic E-state index is 0.392. The minimum absolute atomic E-state index is 0.392. The van der Waals surface area contributed by atoms with Gasteiger partial charge in [0.2, 0.25) is 0 Å². The van der Waals surface area contributed by atoms with Gasteiger partial charge < -0.3 is 14.8 Å². The molecule has 3 rings (SSSR count). The van der Waals surface area contributed by atoms with Crippen molar-refractivity contribution in [3.63, 3.8) is 0 Å². The monoisotopic (exact) mass is 276 g/mol. The summed E-state index contributed by atoms with van der Waals surface area (Å²) in [4.78, 5) is 2.47. The number of piperazine rings is 1. The molecule has 0 amide bonds. The second-order valence-electron chi connectivity index (χ2n) is 5.68. The molecule has 0 spiro atoms. The lowest BCUT2D eigenvalue weighted by molar-refractivity contribution is 0.116. The van der Waals surface area contributed by atoms with Crippen LogP contribution in [-0.2, 0) is 6.54 Å². The Balaban J connectivity index is 1.65. The molecule has 1 aliphatic carbocycles. The van der Waals surface area contributed by atoms with Gasteiger partial charge in [0.15, 0.2) is 11.5 Å². The molecule has 110 valence electrons. The number of ether oxygens (including phenoxy) is 2. The molecule has 1 aliphatic heterocycles. The third-order valence-electron chi connectivity index (χ3n) is 4.19. The largest absolute Gasteiger partial charge is 0.493 e. The highest BCUT2D eigenvalue weighted by molar-refractivity contribution is 5.43. The van der Waals surface area contributed by atoms with E-state index in [0.717, 1.165) is 44.2 Å². The number of benzene rings is 1. The number of nitrogens with one attached hydrogen (secondary N) is 1. The molecule has 0 unspecified atom stereocenters. The Bertz CT molecular complexity index is 440. The molecule has 0 aromatic heterocycles. The number of methoxy groups -OCH3 is 1. The van der Waals surface area contributed by atoms with E-state index in [1.54, 1.807) is 7.11 Å². The van der Waals surface area contributed by atoms with Crippen molar-refractivity contribution in [2.24, 2.45) is 0 Å². The molecule has 4 nitrogen and oxygen atoms in total. The summed E-state index contributed by atoms with van der Waals surface area (Å²) in [7, 11) is 1.72. The van der Waals surface area contributed by atoms with Gasteiger partial charge in [-0.3, -0.25) is 4.90 Å². The molecular formula is C16H24N2O2. The van der Waals surface area contributed by atoms with Gasteiger partial charge in [-0.1, -0.05) is 6.07 Å². The standard InChI is InChI=1S/C16H24N2O2/c1-19-16-11-13(12-18-9-7-17-8-10-18)5-6-15(16)20-14-3-2-4-14/h5-6,11,14,17H,2-4,7-10,12H2,1H3. The molecule has 0 radical (unpaired) electrons. The third kappa shape index (κ3) is 3.25. The molecule has 4 heteroatoms. The second-order valence-corrected chi connectivity index (χ2v) is 5.68. The van der Waals surface area contributed by atoms with Crippen molar-refractivity contribution in [2.45, 2.75) is 31.9 Å². The Labute approximate surface area is 121 Å². The fourth-order valence-corrected chi connectivity index (χ4v) is 2.70.